The zero-order valence-electron chi connectivity index (χ0n) is 13.1. The topological polar surface area (TPSA) is 41.3 Å². The SMILES string of the molecule is CCSc1cccc(NN2C(C)CCCC2C)c1C(N)=S. The first-order chi connectivity index (χ1) is 10.0. The van der Waals surface area contributed by atoms with Crippen molar-refractivity contribution >= 4 is 34.7 Å². The number of hydrogen-bond donors (Lipinski definition) is 2. The molecule has 116 valence electrons. The van der Waals surface area contributed by atoms with E-state index in [2.05, 4.69) is 49.4 Å². The van der Waals surface area contributed by atoms with Crippen LogP contribution in [0.1, 0.15) is 45.6 Å². The fraction of sp³-hybridized carbons (Fsp3) is 0.562. The molecule has 2 unspecified atom stereocenters. The molecule has 0 radical (unpaired) electrons. The summed E-state index contributed by atoms with van der Waals surface area (Å²) >= 11 is 7.07. The Morgan fingerprint density at radius 3 is 2.62 bits per heavy atom. The summed E-state index contributed by atoms with van der Waals surface area (Å²) in [6, 6.07) is 7.28. The summed E-state index contributed by atoms with van der Waals surface area (Å²) in [4.78, 5) is 1.62. The van der Waals surface area contributed by atoms with Gasteiger partial charge < -0.3 is 11.2 Å². The number of nitrogens with one attached hydrogen (secondary N) is 1. The van der Waals surface area contributed by atoms with E-state index >= 15 is 0 Å². The second-order valence-corrected chi connectivity index (χ2v) is 7.37. The number of thioether (sulfide) groups is 1. The molecule has 3 N–H and O–H groups in total. The van der Waals surface area contributed by atoms with Crippen molar-refractivity contribution in [1.29, 1.82) is 0 Å². The number of nitrogens with zero attached hydrogens (tertiary/aromatic N) is 1. The lowest BCUT2D eigenvalue weighted by Crippen LogP contribution is -2.47. The molecule has 1 aliphatic heterocycles. The third-order valence-corrected chi connectivity index (χ3v) is 5.16. The van der Waals surface area contributed by atoms with Gasteiger partial charge in [0.1, 0.15) is 4.99 Å². The molecule has 1 aromatic carbocycles. The van der Waals surface area contributed by atoms with Gasteiger partial charge in [0, 0.05) is 22.5 Å². The lowest BCUT2D eigenvalue weighted by Gasteiger charge is -2.40. The quantitative estimate of drug-likeness (QED) is 0.633. The van der Waals surface area contributed by atoms with Gasteiger partial charge in [-0.05, 0) is 44.6 Å². The molecule has 1 heterocycles. The molecule has 1 saturated heterocycles. The normalized spacial score (nSPS) is 23.0. The van der Waals surface area contributed by atoms with Crippen LogP contribution in [0, 0.1) is 0 Å². The summed E-state index contributed by atoms with van der Waals surface area (Å²) < 4.78 is 0. The molecular formula is C16H25N3S2. The largest absolute Gasteiger partial charge is 0.389 e. The number of thiocarbonyl (C=S) groups is 1. The number of benzene rings is 1. The van der Waals surface area contributed by atoms with Crippen molar-refractivity contribution in [3.05, 3.63) is 23.8 Å². The molecule has 0 bridgehead atoms. The van der Waals surface area contributed by atoms with Crippen molar-refractivity contribution in [2.75, 3.05) is 11.2 Å². The average Bonchev–Trinajstić information content (AvgIpc) is 2.43. The van der Waals surface area contributed by atoms with Crippen LogP contribution in [0.25, 0.3) is 0 Å². The highest BCUT2D eigenvalue weighted by atomic mass is 32.2. The van der Waals surface area contributed by atoms with E-state index in [0.717, 1.165) is 21.9 Å². The van der Waals surface area contributed by atoms with E-state index in [1.165, 1.54) is 19.3 Å². The molecule has 0 saturated carbocycles. The minimum absolute atomic E-state index is 0.464. The Bertz CT molecular complexity index is 494. The van der Waals surface area contributed by atoms with Gasteiger partial charge in [-0.3, -0.25) is 0 Å². The summed E-state index contributed by atoms with van der Waals surface area (Å²) in [5.74, 6) is 1.01. The first kappa shape index (κ1) is 16.6. The zero-order chi connectivity index (χ0) is 15.4. The molecule has 1 fully saturated rings. The van der Waals surface area contributed by atoms with Crippen molar-refractivity contribution in [2.45, 2.75) is 57.0 Å². The van der Waals surface area contributed by atoms with E-state index in [1.54, 1.807) is 11.8 Å². The Balaban J connectivity index is 2.30. The fourth-order valence-corrected chi connectivity index (χ4v) is 4.07. The summed E-state index contributed by atoms with van der Waals surface area (Å²) in [6.07, 6.45) is 3.75. The Kier molecular flexibility index (Phi) is 5.90. The summed E-state index contributed by atoms with van der Waals surface area (Å²) in [5, 5.41) is 2.35. The molecule has 1 aromatic rings. The first-order valence-electron chi connectivity index (χ1n) is 7.65. The van der Waals surface area contributed by atoms with Gasteiger partial charge in [0.05, 0.1) is 5.69 Å². The zero-order valence-corrected chi connectivity index (χ0v) is 14.7. The fourth-order valence-electron chi connectivity index (χ4n) is 2.93. The van der Waals surface area contributed by atoms with Gasteiger partial charge in [0.25, 0.3) is 0 Å². The number of hydrazine groups is 1. The van der Waals surface area contributed by atoms with Crippen molar-refractivity contribution in [3.8, 4) is 0 Å². The van der Waals surface area contributed by atoms with Crippen LogP contribution in [0.15, 0.2) is 23.1 Å². The van der Waals surface area contributed by atoms with E-state index in [-0.39, 0.29) is 0 Å². The minimum Gasteiger partial charge on any atom is -0.389 e. The molecule has 0 aromatic heterocycles. The lowest BCUT2D eigenvalue weighted by molar-refractivity contribution is 0.135. The average molecular weight is 324 g/mol. The van der Waals surface area contributed by atoms with Crippen LogP contribution in [0.4, 0.5) is 5.69 Å². The van der Waals surface area contributed by atoms with E-state index in [0.29, 0.717) is 17.1 Å². The Morgan fingerprint density at radius 2 is 2.05 bits per heavy atom. The van der Waals surface area contributed by atoms with E-state index in [1.807, 2.05) is 0 Å². The monoisotopic (exact) mass is 323 g/mol. The van der Waals surface area contributed by atoms with Crippen LogP contribution >= 0.6 is 24.0 Å². The van der Waals surface area contributed by atoms with Gasteiger partial charge >= 0.3 is 0 Å². The number of anilines is 1. The molecule has 5 heteroatoms. The van der Waals surface area contributed by atoms with Crippen LogP contribution in [0.5, 0.6) is 0 Å². The second kappa shape index (κ2) is 7.47. The number of rotatable bonds is 5. The highest BCUT2D eigenvalue weighted by Gasteiger charge is 2.25. The van der Waals surface area contributed by atoms with E-state index in [9.17, 15) is 0 Å². The maximum atomic E-state index is 5.98. The number of piperidine rings is 1. The smallest absolute Gasteiger partial charge is 0.107 e. The molecule has 0 amide bonds. The van der Waals surface area contributed by atoms with Crippen molar-refractivity contribution < 1.29 is 0 Å². The van der Waals surface area contributed by atoms with Crippen LogP contribution in [0.2, 0.25) is 0 Å². The maximum Gasteiger partial charge on any atom is 0.107 e. The third kappa shape index (κ3) is 3.90. The molecule has 2 rings (SSSR count). The standard InChI is InChI=1S/C16H25N3S2/c1-4-21-14-10-6-9-13(15(14)16(17)20)18-19-11(2)7-5-8-12(19)3/h6,9-12,18H,4-5,7-8H2,1-3H3,(H2,17,20). The van der Waals surface area contributed by atoms with Crippen LogP contribution in [-0.2, 0) is 0 Å². The summed E-state index contributed by atoms with van der Waals surface area (Å²) in [7, 11) is 0. The molecule has 3 nitrogen and oxygen atoms in total. The molecule has 21 heavy (non-hydrogen) atoms. The molecule has 1 aliphatic rings. The maximum absolute atomic E-state index is 5.98. The molecular weight excluding hydrogens is 298 g/mol. The molecule has 0 spiro atoms. The van der Waals surface area contributed by atoms with E-state index < -0.39 is 0 Å². The predicted molar refractivity (Wildman–Crippen MR) is 97.0 cm³/mol. The molecule has 2 atom stereocenters. The van der Waals surface area contributed by atoms with Gasteiger partial charge in [-0.1, -0.05) is 31.6 Å². The van der Waals surface area contributed by atoms with Crippen molar-refractivity contribution in [3.63, 3.8) is 0 Å². The molecule has 0 aliphatic carbocycles. The van der Waals surface area contributed by atoms with Gasteiger partial charge in [0.15, 0.2) is 0 Å². The summed E-state index contributed by atoms with van der Waals surface area (Å²) in [6.45, 7) is 6.68. The van der Waals surface area contributed by atoms with Crippen LogP contribution in [0.3, 0.4) is 0 Å². The minimum atomic E-state index is 0.464. The highest BCUT2D eigenvalue weighted by Crippen LogP contribution is 2.31. The van der Waals surface area contributed by atoms with Crippen molar-refractivity contribution in [2.24, 2.45) is 5.73 Å². The lowest BCUT2D eigenvalue weighted by atomic mass is 10.00. The first-order valence-corrected chi connectivity index (χ1v) is 9.04. The van der Waals surface area contributed by atoms with Crippen molar-refractivity contribution in [1.82, 2.24) is 5.01 Å². The van der Waals surface area contributed by atoms with Gasteiger partial charge in [-0.2, -0.15) is 0 Å². The Morgan fingerprint density at radius 1 is 1.38 bits per heavy atom. The third-order valence-electron chi connectivity index (χ3n) is 4.02. The van der Waals surface area contributed by atoms with Gasteiger partial charge in [-0.15, -0.1) is 11.8 Å². The van der Waals surface area contributed by atoms with Crippen LogP contribution in [-0.4, -0.2) is 27.8 Å². The highest BCUT2D eigenvalue weighted by molar-refractivity contribution is 7.99. The second-order valence-electron chi connectivity index (χ2n) is 5.62. The Labute approximate surface area is 137 Å². The Hall–Kier alpha value is -0.780. The van der Waals surface area contributed by atoms with Gasteiger partial charge in [0.2, 0.25) is 0 Å². The van der Waals surface area contributed by atoms with Gasteiger partial charge in [-0.25, -0.2) is 5.01 Å². The van der Waals surface area contributed by atoms with E-state index in [4.69, 9.17) is 18.0 Å². The van der Waals surface area contributed by atoms with Crippen LogP contribution < -0.4 is 11.2 Å². The number of nitrogens with two attached hydrogens (primary N) is 1. The predicted octanol–water partition coefficient (Wildman–Crippen LogP) is 4.02. The summed E-state index contributed by atoms with van der Waals surface area (Å²) in [5.41, 5.74) is 11.6. The number of hydrogen-bond acceptors (Lipinski definition) is 4.